The van der Waals surface area contributed by atoms with Crippen LogP contribution in [0.4, 0.5) is 0 Å². The maximum atomic E-state index is 11.9. The summed E-state index contributed by atoms with van der Waals surface area (Å²) in [5.41, 5.74) is 2.62. The maximum Gasteiger partial charge on any atom is 0.251 e. The number of pyridine rings is 1. The van der Waals surface area contributed by atoms with Gasteiger partial charge in [0.1, 0.15) is 0 Å². The van der Waals surface area contributed by atoms with Crippen molar-refractivity contribution in [3.8, 4) is 0 Å². The molecule has 0 atom stereocenters. The Labute approximate surface area is 120 Å². The van der Waals surface area contributed by atoms with Gasteiger partial charge in [0.25, 0.3) is 5.91 Å². The van der Waals surface area contributed by atoms with Gasteiger partial charge in [-0.25, -0.2) is 0 Å². The molecule has 0 unspecified atom stereocenters. The number of nitrogens with one attached hydrogen (secondary N) is 1. The van der Waals surface area contributed by atoms with Crippen molar-refractivity contribution in [1.29, 1.82) is 0 Å². The molecule has 0 saturated heterocycles. The van der Waals surface area contributed by atoms with Gasteiger partial charge in [0, 0.05) is 29.1 Å². The van der Waals surface area contributed by atoms with Gasteiger partial charge in [0.2, 0.25) is 0 Å². The average molecular weight is 270 g/mol. The van der Waals surface area contributed by atoms with E-state index < -0.39 is 0 Å². The number of rotatable bonds is 3. The Balaban J connectivity index is 2.60. The van der Waals surface area contributed by atoms with Crippen LogP contribution in [0.3, 0.4) is 0 Å². The standard InChI is InChI=1S/C17H22N2O/c1-11(2)17(3,4)15-10-9-12-13(16(20)18-5)7-6-8-14(12)19-15/h6-11H,1-5H3,(H,18,20). The van der Waals surface area contributed by atoms with E-state index in [1.54, 1.807) is 7.05 Å². The van der Waals surface area contributed by atoms with Crippen molar-refractivity contribution in [2.45, 2.75) is 33.1 Å². The van der Waals surface area contributed by atoms with Crippen molar-refractivity contribution in [3.05, 3.63) is 41.6 Å². The molecular weight excluding hydrogens is 248 g/mol. The third-order valence-electron chi connectivity index (χ3n) is 4.31. The summed E-state index contributed by atoms with van der Waals surface area (Å²) in [6, 6.07) is 9.71. The van der Waals surface area contributed by atoms with E-state index in [1.165, 1.54) is 0 Å². The fraction of sp³-hybridized carbons (Fsp3) is 0.412. The Morgan fingerprint density at radius 2 is 1.90 bits per heavy atom. The molecule has 0 radical (unpaired) electrons. The van der Waals surface area contributed by atoms with Crippen LogP contribution in [0.5, 0.6) is 0 Å². The van der Waals surface area contributed by atoms with Gasteiger partial charge in [-0.3, -0.25) is 9.78 Å². The van der Waals surface area contributed by atoms with Gasteiger partial charge >= 0.3 is 0 Å². The lowest BCUT2D eigenvalue weighted by Gasteiger charge is -2.28. The number of aromatic nitrogens is 1. The SMILES string of the molecule is CNC(=O)c1cccc2nc(C(C)(C)C(C)C)ccc12. The lowest BCUT2D eigenvalue weighted by Crippen LogP contribution is -2.25. The Morgan fingerprint density at radius 1 is 1.20 bits per heavy atom. The fourth-order valence-electron chi connectivity index (χ4n) is 2.14. The van der Waals surface area contributed by atoms with Crippen LogP contribution >= 0.6 is 0 Å². The van der Waals surface area contributed by atoms with Crippen LogP contribution < -0.4 is 5.32 Å². The second-order valence-corrected chi connectivity index (χ2v) is 6.02. The number of carbonyl (C=O) groups is 1. The van der Waals surface area contributed by atoms with Crippen molar-refractivity contribution in [1.82, 2.24) is 10.3 Å². The highest BCUT2D eigenvalue weighted by Gasteiger charge is 2.26. The number of carbonyl (C=O) groups excluding carboxylic acids is 1. The first-order valence-electron chi connectivity index (χ1n) is 7.00. The third kappa shape index (κ3) is 2.40. The summed E-state index contributed by atoms with van der Waals surface area (Å²) in [5.74, 6) is 0.419. The molecule has 0 spiro atoms. The zero-order valence-electron chi connectivity index (χ0n) is 12.8. The van der Waals surface area contributed by atoms with Gasteiger partial charge in [-0.2, -0.15) is 0 Å². The average Bonchev–Trinajstić information content (AvgIpc) is 2.44. The van der Waals surface area contributed by atoms with E-state index in [2.05, 4.69) is 33.0 Å². The van der Waals surface area contributed by atoms with E-state index in [0.717, 1.165) is 16.6 Å². The Kier molecular flexibility index (Phi) is 3.80. The second kappa shape index (κ2) is 5.23. The molecule has 0 aliphatic carbocycles. The lowest BCUT2D eigenvalue weighted by atomic mass is 9.78. The lowest BCUT2D eigenvalue weighted by molar-refractivity contribution is 0.0964. The van der Waals surface area contributed by atoms with E-state index in [0.29, 0.717) is 11.5 Å². The van der Waals surface area contributed by atoms with E-state index in [9.17, 15) is 4.79 Å². The first kappa shape index (κ1) is 14.5. The number of nitrogens with zero attached hydrogens (tertiary/aromatic N) is 1. The van der Waals surface area contributed by atoms with E-state index in [-0.39, 0.29) is 11.3 Å². The molecular formula is C17H22N2O. The van der Waals surface area contributed by atoms with Gasteiger partial charge in [-0.05, 0) is 24.1 Å². The molecule has 1 heterocycles. The van der Waals surface area contributed by atoms with Crippen LogP contribution in [0.15, 0.2) is 30.3 Å². The van der Waals surface area contributed by atoms with Crippen molar-refractivity contribution in [2.75, 3.05) is 7.05 Å². The van der Waals surface area contributed by atoms with E-state index in [4.69, 9.17) is 4.98 Å². The van der Waals surface area contributed by atoms with Crippen LogP contribution in [0, 0.1) is 5.92 Å². The molecule has 3 heteroatoms. The highest BCUT2D eigenvalue weighted by molar-refractivity contribution is 6.06. The summed E-state index contributed by atoms with van der Waals surface area (Å²) in [6.45, 7) is 8.81. The number of hydrogen-bond acceptors (Lipinski definition) is 2. The van der Waals surface area contributed by atoms with Crippen molar-refractivity contribution < 1.29 is 4.79 Å². The summed E-state index contributed by atoms with van der Waals surface area (Å²) >= 11 is 0. The van der Waals surface area contributed by atoms with E-state index in [1.807, 2.05) is 30.3 Å². The molecule has 1 amide bonds. The van der Waals surface area contributed by atoms with Gasteiger partial charge in [-0.15, -0.1) is 0 Å². The molecule has 2 aromatic rings. The van der Waals surface area contributed by atoms with Crippen LogP contribution in [0.2, 0.25) is 0 Å². The molecule has 0 aliphatic heterocycles. The zero-order chi connectivity index (χ0) is 14.9. The van der Waals surface area contributed by atoms with Crippen LogP contribution in [-0.2, 0) is 5.41 Å². The normalized spacial score (nSPS) is 11.9. The Bertz CT molecular complexity index is 644. The summed E-state index contributed by atoms with van der Waals surface area (Å²) in [7, 11) is 1.64. The van der Waals surface area contributed by atoms with Crippen molar-refractivity contribution >= 4 is 16.8 Å². The molecule has 106 valence electrons. The van der Waals surface area contributed by atoms with Gasteiger partial charge < -0.3 is 5.32 Å². The van der Waals surface area contributed by atoms with Gasteiger partial charge in [0.15, 0.2) is 0 Å². The molecule has 2 rings (SSSR count). The molecule has 1 aromatic carbocycles. The molecule has 1 aromatic heterocycles. The minimum Gasteiger partial charge on any atom is -0.355 e. The molecule has 1 N–H and O–H groups in total. The van der Waals surface area contributed by atoms with Crippen LogP contribution in [-0.4, -0.2) is 17.9 Å². The molecule has 0 bridgehead atoms. The highest BCUT2D eigenvalue weighted by Crippen LogP contribution is 2.31. The van der Waals surface area contributed by atoms with E-state index >= 15 is 0 Å². The third-order valence-corrected chi connectivity index (χ3v) is 4.31. The number of fused-ring (bicyclic) bond motifs is 1. The predicted molar refractivity (Wildman–Crippen MR) is 83.0 cm³/mol. The highest BCUT2D eigenvalue weighted by atomic mass is 16.1. The quantitative estimate of drug-likeness (QED) is 0.927. The Hall–Kier alpha value is -1.90. The van der Waals surface area contributed by atoms with Gasteiger partial charge in [-0.1, -0.05) is 39.8 Å². The monoisotopic (exact) mass is 270 g/mol. The molecule has 0 saturated carbocycles. The number of hydrogen-bond donors (Lipinski definition) is 1. The first-order valence-corrected chi connectivity index (χ1v) is 7.00. The summed E-state index contributed by atoms with van der Waals surface area (Å²) in [6.07, 6.45) is 0. The number of benzene rings is 1. The number of amides is 1. The van der Waals surface area contributed by atoms with Crippen molar-refractivity contribution in [3.63, 3.8) is 0 Å². The second-order valence-electron chi connectivity index (χ2n) is 6.02. The zero-order valence-corrected chi connectivity index (χ0v) is 12.8. The molecule has 0 fully saturated rings. The smallest absolute Gasteiger partial charge is 0.251 e. The predicted octanol–water partition coefficient (Wildman–Crippen LogP) is 3.53. The molecule has 20 heavy (non-hydrogen) atoms. The summed E-state index contributed by atoms with van der Waals surface area (Å²) in [5, 5.41) is 3.57. The van der Waals surface area contributed by atoms with Gasteiger partial charge in [0.05, 0.1) is 5.52 Å². The maximum absolute atomic E-state index is 11.9. The topological polar surface area (TPSA) is 42.0 Å². The van der Waals surface area contributed by atoms with Crippen LogP contribution in [0.25, 0.3) is 10.9 Å². The molecule has 3 nitrogen and oxygen atoms in total. The largest absolute Gasteiger partial charge is 0.355 e. The Morgan fingerprint density at radius 3 is 2.50 bits per heavy atom. The van der Waals surface area contributed by atoms with Crippen molar-refractivity contribution in [2.24, 2.45) is 5.92 Å². The molecule has 0 aliphatic rings. The van der Waals surface area contributed by atoms with Crippen LogP contribution in [0.1, 0.15) is 43.7 Å². The minimum absolute atomic E-state index is 0.0111. The fourth-order valence-corrected chi connectivity index (χ4v) is 2.14. The summed E-state index contributed by atoms with van der Waals surface area (Å²) in [4.78, 5) is 16.6. The first-order chi connectivity index (χ1) is 9.37. The minimum atomic E-state index is -0.0757. The summed E-state index contributed by atoms with van der Waals surface area (Å²) < 4.78 is 0.